The molecule has 0 saturated carbocycles. The van der Waals surface area contributed by atoms with Gasteiger partial charge in [0.1, 0.15) is 0 Å². The number of nitro benzene ring substituents is 1. The van der Waals surface area contributed by atoms with Gasteiger partial charge in [-0.25, -0.2) is 4.79 Å². The number of nitrogens with zero attached hydrogens (tertiary/aromatic N) is 2. The number of hydrogen-bond acceptors (Lipinski definition) is 9. The number of carbonyl (C=O) groups excluding carboxylic acids is 2. The fourth-order valence-electron chi connectivity index (χ4n) is 5.09. The number of methoxy groups -OCH3 is 2. The molecule has 0 heterocycles. The maximum Gasteiger partial charge on any atom is 0.334 e. The fraction of sp³-hybridized carbons (Fsp3) is 0.500. The van der Waals surface area contributed by atoms with Crippen LogP contribution in [0.25, 0.3) is 11.1 Å². The van der Waals surface area contributed by atoms with Gasteiger partial charge in [-0.3, -0.25) is 14.9 Å². The molecular formula is C30H38N2O8. The topological polar surface area (TPSA) is 127 Å². The molecule has 0 saturated heterocycles. The van der Waals surface area contributed by atoms with Crippen molar-refractivity contribution < 1.29 is 33.6 Å². The fourth-order valence-corrected chi connectivity index (χ4v) is 5.09. The van der Waals surface area contributed by atoms with Crippen LogP contribution in [-0.2, 0) is 34.1 Å². The van der Waals surface area contributed by atoms with E-state index in [2.05, 4.69) is 5.16 Å². The minimum atomic E-state index is -0.603. The predicted octanol–water partition coefficient (Wildman–Crippen LogP) is 5.72. The van der Waals surface area contributed by atoms with Gasteiger partial charge in [0, 0.05) is 57.8 Å². The van der Waals surface area contributed by atoms with Gasteiger partial charge in [-0.1, -0.05) is 31.1 Å². The van der Waals surface area contributed by atoms with Gasteiger partial charge < -0.3 is 19.0 Å². The Morgan fingerprint density at radius 2 is 1.55 bits per heavy atom. The smallest absolute Gasteiger partial charge is 0.334 e. The zero-order chi connectivity index (χ0) is 29.1. The van der Waals surface area contributed by atoms with E-state index in [-0.39, 0.29) is 29.4 Å². The minimum Gasteiger partial charge on any atom is -0.466 e. The number of oxime groups is 1. The third kappa shape index (κ3) is 7.11. The first-order valence-corrected chi connectivity index (χ1v) is 13.7. The average molecular weight is 555 g/mol. The summed E-state index contributed by atoms with van der Waals surface area (Å²) >= 11 is 0. The van der Waals surface area contributed by atoms with Gasteiger partial charge in [-0.05, 0) is 72.1 Å². The third-order valence-corrected chi connectivity index (χ3v) is 7.16. The quantitative estimate of drug-likeness (QED) is 0.0848. The van der Waals surface area contributed by atoms with Gasteiger partial charge in [0.05, 0.1) is 17.2 Å². The molecule has 0 atom stereocenters. The molecule has 0 N–H and O–H groups in total. The molecule has 0 fully saturated rings. The second-order valence-electron chi connectivity index (χ2n) is 9.74. The molecule has 10 nitrogen and oxygen atoms in total. The lowest BCUT2D eigenvalue weighted by Gasteiger charge is -2.32. The third-order valence-electron chi connectivity index (χ3n) is 7.16. The summed E-state index contributed by atoms with van der Waals surface area (Å²) in [6.45, 7) is 4.87. The van der Waals surface area contributed by atoms with Gasteiger partial charge in [0.2, 0.25) is 0 Å². The second-order valence-corrected chi connectivity index (χ2v) is 9.74. The van der Waals surface area contributed by atoms with Crippen molar-refractivity contribution in [2.24, 2.45) is 5.16 Å². The molecule has 2 aromatic rings. The van der Waals surface area contributed by atoms with Crippen LogP contribution in [-0.4, -0.2) is 56.6 Å². The Balaban J connectivity index is 2.08. The summed E-state index contributed by atoms with van der Waals surface area (Å²) in [6, 6.07) is 10.9. The summed E-state index contributed by atoms with van der Waals surface area (Å²) in [5.74, 6) is -0.744. The predicted molar refractivity (Wildman–Crippen MR) is 150 cm³/mol. The lowest BCUT2D eigenvalue weighted by atomic mass is 9.72. The Labute approximate surface area is 234 Å². The lowest BCUT2D eigenvalue weighted by molar-refractivity contribution is -0.384. The number of fused-ring (bicyclic) bond motifs is 3. The first kappa shape index (κ1) is 30.9. The highest BCUT2D eigenvalue weighted by Gasteiger charge is 2.43. The van der Waals surface area contributed by atoms with Crippen LogP contribution in [0.2, 0.25) is 0 Å². The van der Waals surface area contributed by atoms with E-state index in [4.69, 9.17) is 19.0 Å². The van der Waals surface area contributed by atoms with Crippen LogP contribution in [0.4, 0.5) is 5.69 Å². The molecule has 0 bridgehead atoms. The summed E-state index contributed by atoms with van der Waals surface area (Å²) in [4.78, 5) is 40.4. The minimum absolute atomic E-state index is 0.0228. The number of non-ortho nitro benzene ring substituents is 1. The van der Waals surface area contributed by atoms with Crippen molar-refractivity contribution in [1.82, 2.24) is 0 Å². The van der Waals surface area contributed by atoms with Crippen molar-refractivity contribution in [3.8, 4) is 11.1 Å². The molecule has 0 amide bonds. The molecule has 0 aromatic heterocycles. The number of benzene rings is 2. The standard InChI is InChI=1S/C30H38N2O8/c1-5-16-39-29(34)9-7-8-27(31-40-28(33)6-2)21-10-12-23-24-13-11-22(32(35)36)20-26(24)30(14-17-37-3,15-18-38-4)25(23)19-21/h10-13,19-20H,5-9,14-18H2,1-4H3. The molecule has 0 spiro atoms. The van der Waals surface area contributed by atoms with Gasteiger partial charge in [0.25, 0.3) is 5.69 Å². The summed E-state index contributed by atoms with van der Waals surface area (Å²) < 4.78 is 16.1. The van der Waals surface area contributed by atoms with Crippen molar-refractivity contribution in [3.63, 3.8) is 0 Å². The van der Waals surface area contributed by atoms with Gasteiger partial charge in [0.15, 0.2) is 0 Å². The van der Waals surface area contributed by atoms with Crippen molar-refractivity contribution in [3.05, 3.63) is 63.2 Å². The molecule has 10 heteroatoms. The highest BCUT2D eigenvalue weighted by molar-refractivity contribution is 6.02. The number of rotatable bonds is 16. The van der Waals surface area contributed by atoms with E-state index >= 15 is 0 Å². The highest BCUT2D eigenvalue weighted by Crippen LogP contribution is 2.54. The van der Waals surface area contributed by atoms with Crippen LogP contribution in [0.3, 0.4) is 0 Å². The van der Waals surface area contributed by atoms with Crippen molar-refractivity contribution in [1.29, 1.82) is 0 Å². The highest BCUT2D eigenvalue weighted by atomic mass is 16.7. The molecule has 0 unspecified atom stereocenters. The summed E-state index contributed by atoms with van der Waals surface area (Å²) in [5, 5.41) is 15.9. The van der Waals surface area contributed by atoms with Crippen molar-refractivity contribution >= 4 is 23.3 Å². The Morgan fingerprint density at radius 3 is 2.15 bits per heavy atom. The van der Waals surface area contributed by atoms with Crippen LogP contribution in [0.5, 0.6) is 0 Å². The number of esters is 1. The van der Waals surface area contributed by atoms with Crippen LogP contribution < -0.4 is 0 Å². The summed E-state index contributed by atoms with van der Waals surface area (Å²) in [6.07, 6.45) is 3.16. The monoisotopic (exact) mass is 554 g/mol. The van der Waals surface area contributed by atoms with E-state index in [9.17, 15) is 19.7 Å². The Hall–Kier alpha value is -3.63. The van der Waals surface area contributed by atoms with Gasteiger partial charge in [-0.2, -0.15) is 0 Å². The molecule has 2 aromatic carbocycles. The Morgan fingerprint density at radius 1 is 0.900 bits per heavy atom. The van der Waals surface area contributed by atoms with E-state index in [0.717, 1.165) is 34.2 Å². The van der Waals surface area contributed by atoms with E-state index in [1.54, 1.807) is 33.3 Å². The molecule has 3 rings (SSSR count). The first-order chi connectivity index (χ1) is 19.3. The zero-order valence-electron chi connectivity index (χ0n) is 23.7. The first-order valence-electron chi connectivity index (χ1n) is 13.7. The van der Waals surface area contributed by atoms with E-state index in [1.807, 2.05) is 25.1 Å². The van der Waals surface area contributed by atoms with Crippen LogP contribution in [0.15, 0.2) is 41.6 Å². The van der Waals surface area contributed by atoms with E-state index in [0.29, 0.717) is 51.2 Å². The van der Waals surface area contributed by atoms with Crippen molar-refractivity contribution in [2.75, 3.05) is 34.0 Å². The van der Waals surface area contributed by atoms with Crippen molar-refractivity contribution in [2.45, 2.75) is 64.2 Å². The Kier molecular flexibility index (Phi) is 11.3. The summed E-state index contributed by atoms with van der Waals surface area (Å²) in [5.41, 5.74) is 4.42. The van der Waals surface area contributed by atoms with E-state index < -0.39 is 11.4 Å². The lowest BCUT2D eigenvalue weighted by Crippen LogP contribution is -2.29. The normalized spacial score (nSPS) is 13.4. The Bertz CT molecular complexity index is 1230. The van der Waals surface area contributed by atoms with Gasteiger partial charge in [-0.15, -0.1) is 0 Å². The number of hydrogen-bond donors (Lipinski definition) is 0. The number of ether oxygens (including phenoxy) is 3. The molecular weight excluding hydrogens is 516 g/mol. The van der Waals surface area contributed by atoms with Gasteiger partial charge >= 0.3 is 11.9 Å². The zero-order valence-corrected chi connectivity index (χ0v) is 23.7. The van der Waals surface area contributed by atoms with E-state index in [1.165, 1.54) is 6.07 Å². The maximum atomic E-state index is 12.1. The molecule has 1 aliphatic carbocycles. The molecule has 1 aliphatic rings. The SMILES string of the molecule is CCCOC(=O)CCCC(=NOC(=O)CC)c1ccc2c(c1)C(CCOC)(CCOC)c1cc([N+](=O)[O-])ccc1-2. The maximum absolute atomic E-state index is 12.1. The number of nitro groups is 1. The van der Waals surface area contributed by atoms with Crippen LogP contribution in [0.1, 0.15) is 75.5 Å². The van der Waals surface area contributed by atoms with Crippen LogP contribution >= 0.6 is 0 Å². The molecule has 0 radical (unpaired) electrons. The second kappa shape index (κ2) is 14.7. The molecule has 0 aliphatic heterocycles. The molecule has 216 valence electrons. The van der Waals surface area contributed by atoms with Crippen LogP contribution in [0, 0.1) is 10.1 Å². The number of carbonyl (C=O) groups is 2. The average Bonchev–Trinajstić information content (AvgIpc) is 3.23. The largest absolute Gasteiger partial charge is 0.466 e. The summed E-state index contributed by atoms with van der Waals surface area (Å²) in [7, 11) is 3.26. The molecule has 40 heavy (non-hydrogen) atoms.